The molecule has 2 N–H and O–H groups in total. The summed E-state index contributed by atoms with van der Waals surface area (Å²) in [5.74, 6) is 0.115. The zero-order valence-corrected chi connectivity index (χ0v) is 15.6. The lowest BCUT2D eigenvalue weighted by atomic mass is 9.93. The molecule has 0 saturated carbocycles. The summed E-state index contributed by atoms with van der Waals surface area (Å²) in [7, 11) is 0. The number of carbonyl (C=O) groups excluding carboxylic acids is 2. The van der Waals surface area contributed by atoms with Gasteiger partial charge in [-0.05, 0) is 56.6 Å². The number of nitrogens with zero attached hydrogens (tertiary/aromatic N) is 3. The molecule has 1 unspecified atom stereocenters. The highest BCUT2D eigenvalue weighted by molar-refractivity contribution is 5.94. The van der Waals surface area contributed by atoms with Crippen LogP contribution in [0.2, 0.25) is 0 Å². The number of para-hydroxylation sites is 1. The molecule has 1 saturated heterocycles. The largest absolute Gasteiger partial charge is 0.370 e. The zero-order chi connectivity index (χ0) is 18.8. The molecule has 2 amide bonds. The van der Waals surface area contributed by atoms with Gasteiger partial charge in [-0.15, -0.1) is 0 Å². The first-order valence-electron chi connectivity index (χ1n) is 9.87. The maximum absolute atomic E-state index is 13.2. The lowest BCUT2D eigenvalue weighted by Gasteiger charge is -2.32. The van der Waals surface area contributed by atoms with Gasteiger partial charge in [-0.1, -0.05) is 18.2 Å². The van der Waals surface area contributed by atoms with Gasteiger partial charge in [0.15, 0.2) is 5.69 Å². The van der Waals surface area contributed by atoms with Crippen molar-refractivity contribution in [1.82, 2.24) is 14.7 Å². The van der Waals surface area contributed by atoms with Gasteiger partial charge in [0.25, 0.3) is 5.91 Å². The van der Waals surface area contributed by atoms with Crippen LogP contribution in [0.1, 0.15) is 53.8 Å². The summed E-state index contributed by atoms with van der Waals surface area (Å²) in [5, 5.41) is 4.73. The normalized spacial score (nSPS) is 19.1. The fourth-order valence-electron chi connectivity index (χ4n) is 4.37. The molecule has 0 spiro atoms. The summed E-state index contributed by atoms with van der Waals surface area (Å²) >= 11 is 0. The number of carbonyl (C=O) groups is 2. The molecule has 2 aromatic rings. The molecule has 27 heavy (non-hydrogen) atoms. The van der Waals surface area contributed by atoms with E-state index in [1.54, 1.807) is 0 Å². The maximum atomic E-state index is 13.2. The van der Waals surface area contributed by atoms with Crippen molar-refractivity contribution in [2.24, 2.45) is 11.7 Å². The monoisotopic (exact) mass is 366 g/mol. The van der Waals surface area contributed by atoms with Crippen molar-refractivity contribution in [1.29, 1.82) is 0 Å². The van der Waals surface area contributed by atoms with Crippen LogP contribution in [-0.4, -0.2) is 39.6 Å². The molecule has 142 valence electrons. The topological polar surface area (TPSA) is 81.2 Å². The first kappa shape index (κ1) is 17.8. The molecule has 1 atom stereocenters. The van der Waals surface area contributed by atoms with Gasteiger partial charge < -0.3 is 10.6 Å². The van der Waals surface area contributed by atoms with Gasteiger partial charge in [-0.3, -0.25) is 9.59 Å². The summed E-state index contributed by atoms with van der Waals surface area (Å²) in [6, 6.07) is 10.0. The highest BCUT2D eigenvalue weighted by Crippen LogP contribution is 2.30. The summed E-state index contributed by atoms with van der Waals surface area (Å²) in [4.78, 5) is 26.2. The standard InChI is InChI=1S/C21H26N4O2/c22-19(26)12-11-15-6-5-13-24(14-15)21(27)20-17-9-4-10-18(17)25(23-20)16-7-2-1-3-8-16/h1-3,7-8,15H,4-6,9-14H2,(H2,22,26). The molecule has 1 aliphatic heterocycles. The first-order valence-corrected chi connectivity index (χ1v) is 9.87. The number of fused-ring (bicyclic) bond motifs is 1. The predicted octanol–water partition coefficient (Wildman–Crippen LogP) is 2.48. The first-order chi connectivity index (χ1) is 13.1. The van der Waals surface area contributed by atoms with Crippen LogP contribution in [0.4, 0.5) is 0 Å². The second-order valence-electron chi connectivity index (χ2n) is 7.64. The zero-order valence-electron chi connectivity index (χ0n) is 15.6. The Bertz CT molecular complexity index is 843. The third-order valence-electron chi connectivity index (χ3n) is 5.74. The Kier molecular flexibility index (Phi) is 4.97. The molecule has 6 heteroatoms. The average Bonchev–Trinajstić information content (AvgIpc) is 3.29. The lowest BCUT2D eigenvalue weighted by Crippen LogP contribution is -2.40. The highest BCUT2D eigenvalue weighted by atomic mass is 16.2. The molecule has 1 fully saturated rings. The van der Waals surface area contributed by atoms with Crippen LogP contribution >= 0.6 is 0 Å². The Labute approximate surface area is 159 Å². The van der Waals surface area contributed by atoms with E-state index in [0.29, 0.717) is 24.6 Å². The SMILES string of the molecule is NC(=O)CCC1CCCN(C(=O)c2nn(-c3ccccc3)c3c2CCC3)C1. The summed E-state index contributed by atoms with van der Waals surface area (Å²) in [6.45, 7) is 1.46. The number of primary amides is 1. The van der Waals surface area contributed by atoms with Crippen molar-refractivity contribution >= 4 is 11.8 Å². The Hall–Kier alpha value is -2.63. The Morgan fingerprint density at radius 1 is 1.15 bits per heavy atom. The van der Waals surface area contributed by atoms with Crippen LogP contribution in [-0.2, 0) is 17.6 Å². The minimum absolute atomic E-state index is 0.0339. The van der Waals surface area contributed by atoms with Gasteiger partial charge in [0, 0.05) is 30.8 Å². The van der Waals surface area contributed by atoms with Crippen LogP contribution in [0.15, 0.2) is 30.3 Å². The third-order valence-corrected chi connectivity index (χ3v) is 5.74. The number of benzene rings is 1. The van der Waals surface area contributed by atoms with Crippen molar-refractivity contribution in [3.05, 3.63) is 47.3 Å². The van der Waals surface area contributed by atoms with E-state index in [1.165, 1.54) is 5.69 Å². The molecular formula is C21H26N4O2. The van der Waals surface area contributed by atoms with Gasteiger partial charge in [-0.2, -0.15) is 5.10 Å². The fraction of sp³-hybridized carbons (Fsp3) is 0.476. The fourth-order valence-corrected chi connectivity index (χ4v) is 4.37. The minimum Gasteiger partial charge on any atom is -0.370 e. The van der Waals surface area contributed by atoms with E-state index in [2.05, 4.69) is 0 Å². The van der Waals surface area contributed by atoms with Crippen molar-refractivity contribution < 1.29 is 9.59 Å². The van der Waals surface area contributed by atoms with Gasteiger partial charge in [0.2, 0.25) is 5.91 Å². The quantitative estimate of drug-likeness (QED) is 0.883. The number of piperidine rings is 1. The van der Waals surface area contributed by atoms with Gasteiger partial charge >= 0.3 is 0 Å². The van der Waals surface area contributed by atoms with Gasteiger partial charge in [0.1, 0.15) is 0 Å². The van der Waals surface area contributed by atoms with E-state index >= 15 is 0 Å². The number of rotatable bonds is 5. The summed E-state index contributed by atoms with van der Waals surface area (Å²) in [5.41, 5.74) is 9.19. The third kappa shape index (κ3) is 3.61. The molecule has 1 aromatic carbocycles. The van der Waals surface area contributed by atoms with E-state index in [0.717, 1.165) is 56.3 Å². The van der Waals surface area contributed by atoms with Crippen molar-refractivity contribution in [2.45, 2.75) is 44.9 Å². The van der Waals surface area contributed by atoms with Crippen LogP contribution in [0.25, 0.3) is 5.69 Å². The van der Waals surface area contributed by atoms with Crippen LogP contribution < -0.4 is 5.73 Å². The number of nitrogens with two attached hydrogens (primary N) is 1. The summed E-state index contributed by atoms with van der Waals surface area (Å²) < 4.78 is 1.95. The average molecular weight is 366 g/mol. The second kappa shape index (κ2) is 7.55. The van der Waals surface area contributed by atoms with E-state index in [-0.39, 0.29) is 11.8 Å². The predicted molar refractivity (Wildman–Crippen MR) is 103 cm³/mol. The molecule has 2 heterocycles. The van der Waals surface area contributed by atoms with Crippen molar-refractivity contribution in [2.75, 3.05) is 13.1 Å². The van der Waals surface area contributed by atoms with E-state index < -0.39 is 0 Å². The Balaban J connectivity index is 1.56. The highest BCUT2D eigenvalue weighted by Gasteiger charge is 2.31. The van der Waals surface area contributed by atoms with Crippen molar-refractivity contribution in [3.63, 3.8) is 0 Å². The molecule has 0 radical (unpaired) electrons. The smallest absolute Gasteiger partial charge is 0.274 e. The van der Waals surface area contributed by atoms with Crippen LogP contribution in [0.5, 0.6) is 0 Å². The Morgan fingerprint density at radius 3 is 2.74 bits per heavy atom. The number of amides is 2. The second-order valence-corrected chi connectivity index (χ2v) is 7.64. The molecule has 1 aromatic heterocycles. The van der Waals surface area contributed by atoms with Crippen molar-refractivity contribution in [3.8, 4) is 5.69 Å². The van der Waals surface area contributed by atoms with Crippen LogP contribution in [0.3, 0.4) is 0 Å². The lowest BCUT2D eigenvalue weighted by molar-refractivity contribution is -0.118. The van der Waals surface area contributed by atoms with E-state index in [4.69, 9.17) is 10.8 Å². The van der Waals surface area contributed by atoms with E-state index in [1.807, 2.05) is 39.9 Å². The molecule has 2 aliphatic rings. The molecular weight excluding hydrogens is 340 g/mol. The van der Waals surface area contributed by atoms with Gasteiger partial charge in [0.05, 0.1) is 5.69 Å². The number of aromatic nitrogens is 2. The number of likely N-dealkylation sites (tertiary alicyclic amines) is 1. The summed E-state index contributed by atoms with van der Waals surface area (Å²) in [6.07, 6.45) is 6.13. The molecule has 6 nitrogen and oxygen atoms in total. The molecule has 1 aliphatic carbocycles. The van der Waals surface area contributed by atoms with Crippen LogP contribution in [0, 0.1) is 5.92 Å². The van der Waals surface area contributed by atoms with E-state index in [9.17, 15) is 9.59 Å². The molecule has 0 bridgehead atoms. The number of hydrogen-bond acceptors (Lipinski definition) is 3. The number of hydrogen-bond donors (Lipinski definition) is 1. The maximum Gasteiger partial charge on any atom is 0.274 e. The van der Waals surface area contributed by atoms with Gasteiger partial charge in [-0.25, -0.2) is 4.68 Å². The molecule has 4 rings (SSSR count). The minimum atomic E-state index is -0.266. The Morgan fingerprint density at radius 2 is 1.96 bits per heavy atom.